The third-order valence-electron chi connectivity index (χ3n) is 4.61. The second-order valence-corrected chi connectivity index (χ2v) is 7.85. The molecule has 0 bridgehead atoms. The largest absolute Gasteiger partial charge is 0.483 e. The molecule has 0 atom stereocenters. The molecule has 0 aliphatic rings. The average Bonchev–Trinajstić information content (AvgIpc) is 3.17. The van der Waals surface area contributed by atoms with Gasteiger partial charge in [0.15, 0.2) is 6.61 Å². The minimum absolute atomic E-state index is 0.119. The number of benzene rings is 2. The highest BCUT2D eigenvalue weighted by Crippen LogP contribution is 2.28. The molecule has 5 nitrogen and oxygen atoms in total. The van der Waals surface area contributed by atoms with Crippen LogP contribution in [-0.4, -0.2) is 18.7 Å². The number of carbonyl (C=O) groups is 1. The van der Waals surface area contributed by atoms with Crippen LogP contribution in [0, 0.1) is 13.8 Å². The number of hydrogen-bond acceptors (Lipinski definition) is 4. The summed E-state index contributed by atoms with van der Waals surface area (Å²) >= 11 is 6.17. The standard InChI is InChI=1S/C24H25ClN2O3/c1-15(2)20-9-5-16(3)11-23(20)29-14-24(28)27-26-13-19-8-10-22(30-19)18-7-6-17(4)21(25)12-18/h5-13,15H,14H2,1-4H3,(H,27,28). The molecule has 2 aromatic carbocycles. The maximum absolute atomic E-state index is 12.1. The number of aryl methyl sites for hydroxylation is 2. The Labute approximate surface area is 181 Å². The lowest BCUT2D eigenvalue weighted by Gasteiger charge is -2.14. The topological polar surface area (TPSA) is 63.8 Å². The molecule has 0 aliphatic carbocycles. The van der Waals surface area contributed by atoms with Crippen molar-refractivity contribution in [2.75, 3.05) is 6.61 Å². The fraction of sp³-hybridized carbons (Fsp3) is 0.250. The molecular formula is C24H25ClN2O3. The summed E-state index contributed by atoms with van der Waals surface area (Å²) < 4.78 is 11.4. The molecule has 1 N–H and O–H groups in total. The second kappa shape index (κ2) is 9.63. The van der Waals surface area contributed by atoms with E-state index in [2.05, 4.69) is 24.4 Å². The minimum Gasteiger partial charge on any atom is -0.483 e. The molecule has 0 spiro atoms. The molecule has 0 aliphatic heterocycles. The Kier molecular flexibility index (Phi) is 6.95. The lowest BCUT2D eigenvalue weighted by molar-refractivity contribution is -0.123. The van der Waals surface area contributed by atoms with Crippen molar-refractivity contribution in [3.63, 3.8) is 0 Å². The van der Waals surface area contributed by atoms with Crippen LogP contribution in [0.2, 0.25) is 5.02 Å². The molecule has 156 valence electrons. The van der Waals surface area contributed by atoms with Gasteiger partial charge in [-0.3, -0.25) is 4.79 Å². The molecule has 3 rings (SSSR count). The van der Waals surface area contributed by atoms with Gasteiger partial charge in [0.25, 0.3) is 5.91 Å². The van der Waals surface area contributed by atoms with E-state index in [0.717, 1.165) is 28.0 Å². The lowest BCUT2D eigenvalue weighted by Crippen LogP contribution is -2.24. The maximum Gasteiger partial charge on any atom is 0.277 e. The van der Waals surface area contributed by atoms with Crippen LogP contribution in [-0.2, 0) is 4.79 Å². The lowest BCUT2D eigenvalue weighted by atomic mass is 10.0. The highest BCUT2D eigenvalue weighted by molar-refractivity contribution is 6.31. The smallest absolute Gasteiger partial charge is 0.277 e. The van der Waals surface area contributed by atoms with Gasteiger partial charge in [-0.1, -0.05) is 49.7 Å². The quantitative estimate of drug-likeness (QED) is 0.381. The Hall–Kier alpha value is -3.05. The van der Waals surface area contributed by atoms with Crippen LogP contribution in [0.15, 0.2) is 58.0 Å². The normalized spacial score (nSPS) is 11.3. The molecule has 0 unspecified atom stereocenters. The van der Waals surface area contributed by atoms with Crippen molar-refractivity contribution in [3.05, 3.63) is 76.0 Å². The van der Waals surface area contributed by atoms with Gasteiger partial charge in [-0.15, -0.1) is 0 Å². The van der Waals surface area contributed by atoms with Gasteiger partial charge in [0, 0.05) is 10.6 Å². The summed E-state index contributed by atoms with van der Waals surface area (Å²) in [5.41, 5.74) is 6.48. The number of nitrogens with one attached hydrogen (secondary N) is 1. The molecule has 0 saturated carbocycles. The van der Waals surface area contributed by atoms with Crippen LogP contribution in [0.3, 0.4) is 0 Å². The minimum atomic E-state index is -0.348. The van der Waals surface area contributed by atoms with E-state index in [1.54, 1.807) is 6.07 Å². The van der Waals surface area contributed by atoms with Gasteiger partial charge in [-0.05, 0) is 60.7 Å². The first-order chi connectivity index (χ1) is 14.3. The number of ether oxygens (including phenoxy) is 1. The van der Waals surface area contributed by atoms with Crippen LogP contribution < -0.4 is 10.2 Å². The van der Waals surface area contributed by atoms with E-state index < -0.39 is 0 Å². The number of hydrogen-bond donors (Lipinski definition) is 1. The number of nitrogens with zero attached hydrogens (tertiary/aromatic N) is 1. The van der Waals surface area contributed by atoms with Crippen LogP contribution in [0.25, 0.3) is 11.3 Å². The first-order valence-corrected chi connectivity index (χ1v) is 10.1. The summed E-state index contributed by atoms with van der Waals surface area (Å²) in [4.78, 5) is 12.1. The fourth-order valence-electron chi connectivity index (χ4n) is 2.91. The van der Waals surface area contributed by atoms with E-state index in [4.69, 9.17) is 20.8 Å². The Balaban J connectivity index is 1.56. The predicted octanol–water partition coefficient (Wildman–Crippen LogP) is 5.87. The number of hydrazone groups is 1. The zero-order chi connectivity index (χ0) is 21.7. The van der Waals surface area contributed by atoms with Crippen molar-refractivity contribution in [2.24, 2.45) is 5.10 Å². The number of amides is 1. The summed E-state index contributed by atoms with van der Waals surface area (Å²) in [6.45, 7) is 7.99. The molecule has 1 amide bonds. The van der Waals surface area contributed by atoms with E-state index in [1.165, 1.54) is 6.21 Å². The molecule has 30 heavy (non-hydrogen) atoms. The van der Waals surface area contributed by atoms with Crippen LogP contribution in [0.5, 0.6) is 5.75 Å². The van der Waals surface area contributed by atoms with Crippen LogP contribution >= 0.6 is 11.6 Å². The van der Waals surface area contributed by atoms with Crippen molar-refractivity contribution in [3.8, 4) is 17.1 Å². The summed E-state index contributed by atoms with van der Waals surface area (Å²) in [5, 5.41) is 4.62. The van der Waals surface area contributed by atoms with Crippen molar-refractivity contribution >= 4 is 23.7 Å². The number of carbonyl (C=O) groups excluding carboxylic acids is 1. The number of halogens is 1. The van der Waals surface area contributed by atoms with Crippen LogP contribution in [0.4, 0.5) is 0 Å². The van der Waals surface area contributed by atoms with Gasteiger partial charge < -0.3 is 9.15 Å². The van der Waals surface area contributed by atoms with Gasteiger partial charge in [0.05, 0.1) is 6.21 Å². The maximum atomic E-state index is 12.1. The summed E-state index contributed by atoms with van der Waals surface area (Å²) in [6.07, 6.45) is 1.45. The first-order valence-electron chi connectivity index (χ1n) is 9.75. The first kappa shape index (κ1) is 21.7. The van der Waals surface area contributed by atoms with Gasteiger partial charge in [0.1, 0.15) is 17.3 Å². The van der Waals surface area contributed by atoms with Crippen molar-refractivity contribution in [1.82, 2.24) is 5.43 Å². The number of rotatable bonds is 7. The number of furan rings is 1. The Bertz CT molecular complexity index is 1070. The average molecular weight is 425 g/mol. The second-order valence-electron chi connectivity index (χ2n) is 7.44. The Morgan fingerprint density at radius 2 is 1.97 bits per heavy atom. The third-order valence-corrected chi connectivity index (χ3v) is 5.02. The van der Waals surface area contributed by atoms with Gasteiger partial charge >= 0.3 is 0 Å². The fourth-order valence-corrected chi connectivity index (χ4v) is 3.09. The summed E-state index contributed by atoms with van der Waals surface area (Å²) in [7, 11) is 0. The molecule has 1 heterocycles. The van der Waals surface area contributed by atoms with E-state index in [0.29, 0.717) is 22.5 Å². The monoisotopic (exact) mass is 424 g/mol. The van der Waals surface area contributed by atoms with E-state index in [-0.39, 0.29) is 12.5 Å². The zero-order valence-corrected chi connectivity index (χ0v) is 18.3. The van der Waals surface area contributed by atoms with Crippen molar-refractivity contribution in [1.29, 1.82) is 0 Å². The molecule has 1 aromatic heterocycles. The highest BCUT2D eigenvalue weighted by Gasteiger charge is 2.10. The van der Waals surface area contributed by atoms with Gasteiger partial charge in [-0.25, -0.2) is 5.43 Å². The third kappa shape index (κ3) is 5.51. The Morgan fingerprint density at radius 3 is 2.70 bits per heavy atom. The van der Waals surface area contributed by atoms with Crippen LogP contribution in [0.1, 0.15) is 42.2 Å². The summed E-state index contributed by atoms with van der Waals surface area (Å²) in [5.74, 6) is 1.87. The molecule has 3 aromatic rings. The van der Waals surface area contributed by atoms with Gasteiger partial charge in [-0.2, -0.15) is 5.10 Å². The predicted molar refractivity (Wildman–Crippen MR) is 120 cm³/mol. The molecular weight excluding hydrogens is 400 g/mol. The van der Waals surface area contributed by atoms with Crippen molar-refractivity contribution < 1.29 is 13.9 Å². The Morgan fingerprint density at radius 1 is 1.17 bits per heavy atom. The van der Waals surface area contributed by atoms with E-state index in [9.17, 15) is 4.79 Å². The van der Waals surface area contributed by atoms with Crippen molar-refractivity contribution in [2.45, 2.75) is 33.6 Å². The SMILES string of the molecule is Cc1ccc(C(C)C)c(OCC(=O)NN=Cc2ccc(-c3ccc(C)c(Cl)c3)o2)c1. The molecule has 0 saturated heterocycles. The molecule has 6 heteroatoms. The molecule has 0 radical (unpaired) electrons. The van der Waals surface area contributed by atoms with E-state index in [1.807, 2.05) is 56.3 Å². The highest BCUT2D eigenvalue weighted by atomic mass is 35.5. The van der Waals surface area contributed by atoms with Gasteiger partial charge in [0.2, 0.25) is 0 Å². The van der Waals surface area contributed by atoms with E-state index >= 15 is 0 Å². The zero-order valence-electron chi connectivity index (χ0n) is 17.5. The summed E-state index contributed by atoms with van der Waals surface area (Å²) in [6, 6.07) is 15.3. The molecule has 0 fully saturated rings.